The number of hydrogen-bond donors (Lipinski definition) is 2. The first-order valence-corrected chi connectivity index (χ1v) is 8.06. The maximum atomic E-state index is 11.9. The van der Waals surface area contributed by atoms with Crippen molar-refractivity contribution in [2.45, 2.75) is 51.4 Å². The van der Waals surface area contributed by atoms with Crippen LogP contribution in [0.15, 0.2) is 24.3 Å². The van der Waals surface area contributed by atoms with Gasteiger partial charge in [-0.3, -0.25) is 4.79 Å². The number of rotatable bonds is 9. The van der Waals surface area contributed by atoms with Gasteiger partial charge in [0.1, 0.15) is 0 Å². The van der Waals surface area contributed by atoms with Crippen molar-refractivity contribution in [3.8, 4) is 0 Å². The quantitative estimate of drug-likeness (QED) is 0.684. The minimum Gasteiger partial charge on any atom is -0.355 e. The van der Waals surface area contributed by atoms with Crippen LogP contribution in [-0.2, 0) is 10.2 Å². The van der Waals surface area contributed by atoms with Gasteiger partial charge in [0.25, 0.3) is 0 Å². The molecule has 0 radical (unpaired) electrons. The van der Waals surface area contributed by atoms with E-state index in [1.165, 1.54) is 5.56 Å². The zero-order valence-corrected chi connectivity index (χ0v) is 13.9. The average molecular weight is 311 g/mol. The summed E-state index contributed by atoms with van der Waals surface area (Å²) in [5.41, 5.74) is 6.52. The molecule has 0 saturated carbocycles. The lowest BCUT2D eigenvalue weighted by Crippen LogP contribution is -2.36. The molecule has 0 aliphatic carbocycles. The molecule has 3 nitrogen and oxygen atoms in total. The van der Waals surface area contributed by atoms with E-state index < -0.39 is 0 Å². The van der Waals surface area contributed by atoms with Gasteiger partial charge in [-0.15, -0.1) is 0 Å². The Hall–Kier alpha value is -1.06. The Morgan fingerprint density at radius 1 is 1.14 bits per heavy atom. The maximum absolute atomic E-state index is 11.9. The van der Waals surface area contributed by atoms with Gasteiger partial charge in [-0.1, -0.05) is 50.4 Å². The molecule has 1 aromatic rings. The Labute approximate surface area is 133 Å². The molecule has 118 valence electrons. The van der Waals surface area contributed by atoms with Crippen LogP contribution >= 0.6 is 11.6 Å². The first-order chi connectivity index (χ1) is 9.95. The van der Waals surface area contributed by atoms with Crippen molar-refractivity contribution >= 4 is 17.5 Å². The standard InChI is InChI=1S/C17H27ClN2O/c1-17(2,14-8-10-15(18)11-9-14)13-20-16(21)7-5-3-4-6-12-19/h8-11H,3-7,12-13,19H2,1-2H3,(H,20,21). The number of halogens is 1. The Bertz CT molecular complexity index is 429. The Morgan fingerprint density at radius 3 is 2.38 bits per heavy atom. The van der Waals surface area contributed by atoms with Gasteiger partial charge in [0.15, 0.2) is 0 Å². The van der Waals surface area contributed by atoms with Crippen molar-refractivity contribution in [2.24, 2.45) is 5.73 Å². The molecule has 0 spiro atoms. The number of hydrogen-bond acceptors (Lipinski definition) is 2. The largest absolute Gasteiger partial charge is 0.355 e. The van der Waals surface area contributed by atoms with E-state index >= 15 is 0 Å². The van der Waals surface area contributed by atoms with E-state index in [1.54, 1.807) is 0 Å². The summed E-state index contributed by atoms with van der Waals surface area (Å²) in [4.78, 5) is 11.9. The summed E-state index contributed by atoms with van der Waals surface area (Å²) in [5.74, 6) is 0.129. The van der Waals surface area contributed by atoms with Crippen LogP contribution in [0.4, 0.5) is 0 Å². The van der Waals surface area contributed by atoms with E-state index in [-0.39, 0.29) is 11.3 Å². The van der Waals surface area contributed by atoms with Crippen LogP contribution in [0.5, 0.6) is 0 Å². The van der Waals surface area contributed by atoms with Gasteiger partial charge in [0.2, 0.25) is 5.91 Å². The third kappa shape index (κ3) is 6.96. The summed E-state index contributed by atoms with van der Waals surface area (Å²) in [6.45, 7) is 5.62. The fraction of sp³-hybridized carbons (Fsp3) is 0.588. The van der Waals surface area contributed by atoms with Crippen LogP contribution in [0.3, 0.4) is 0 Å². The van der Waals surface area contributed by atoms with Crippen LogP contribution in [0.25, 0.3) is 0 Å². The SMILES string of the molecule is CC(C)(CNC(=O)CCCCCCN)c1ccc(Cl)cc1. The van der Waals surface area contributed by atoms with Gasteiger partial charge >= 0.3 is 0 Å². The fourth-order valence-corrected chi connectivity index (χ4v) is 2.32. The van der Waals surface area contributed by atoms with Gasteiger partial charge in [0, 0.05) is 23.4 Å². The topological polar surface area (TPSA) is 55.1 Å². The lowest BCUT2D eigenvalue weighted by atomic mass is 9.84. The van der Waals surface area contributed by atoms with E-state index in [1.807, 2.05) is 24.3 Å². The molecule has 1 rings (SSSR count). The third-order valence-electron chi connectivity index (χ3n) is 3.71. The zero-order valence-electron chi connectivity index (χ0n) is 13.1. The molecule has 21 heavy (non-hydrogen) atoms. The third-order valence-corrected chi connectivity index (χ3v) is 3.96. The molecule has 3 N–H and O–H groups in total. The number of carbonyl (C=O) groups is 1. The van der Waals surface area contributed by atoms with Crippen LogP contribution in [0.2, 0.25) is 5.02 Å². The molecule has 0 aromatic heterocycles. The molecule has 0 fully saturated rings. The van der Waals surface area contributed by atoms with E-state index in [4.69, 9.17) is 17.3 Å². The van der Waals surface area contributed by atoms with Gasteiger partial charge < -0.3 is 11.1 Å². The summed E-state index contributed by atoms with van der Waals surface area (Å²) >= 11 is 5.91. The fourth-order valence-electron chi connectivity index (χ4n) is 2.19. The van der Waals surface area contributed by atoms with Crippen LogP contribution in [-0.4, -0.2) is 19.0 Å². The first kappa shape index (κ1) is 18.0. The van der Waals surface area contributed by atoms with Crippen LogP contribution in [0.1, 0.15) is 51.5 Å². The number of unbranched alkanes of at least 4 members (excludes halogenated alkanes) is 3. The summed E-state index contributed by atoms with van der Waals surface area (Å²) in [7, 11) is 0. The maximum Gasteiger partial charge on any atom is 0.220 e. The van der Waals surface area contributed by atoms with E-state index in [9.17, 15) is 4.79 Å². The summed E-state index contributed by atoms with van der Waals surface area (Å²) in [6.07, 6.45) is 4.77. The second-order valence-electron chi connectivity index (χ2n) is 6.12. The summed E-state index contributed by atoms with van der Waals surface area (Å²) in [5, 5.41) is 3.76. The number of carbonyl (C=O) groups excluding carboxylic acids is 1. The van der Waals surface area contributed by atoms with Crippen molar-refractivity contribution in [1.82, 2.24) is 5.32 Å². The summed E-state index contributed by atoms with van der Waals surface area (Å²) in [6, 6.07) is 7.80. The minimum atomic E-state index is -0.0974. The molecule has 0 heterocycles. The monoisotopic (exact) mass is 310 g/mol. The molecule has 0 bridgehead atoms. The minimum absolute atomic E-state index is 0.0974. The van der Waals surface area contributed by atoms with Crippen molar-refractivity contribution in [2.75, 3.05) is 13.1 Å². The molecular weight excluding hydrogens is 284 g/mol. The average Bonchev–Trinajstić information content (AvgIpc) is 2.45. The number of nitrogens with one attached hydrogen (secondary N) is 1. The van der Waals surface area contributed by atoms with Crippen molar-refractivity contribution in [3.63, 3.8) is 0 Å². The smallest absolute Gasteiger partial charge is 0.220 e. The highest BCUT2D eigenvalue weighted by Gasteiger charge is 2.21. The lowest BCUT2D eigenvalue weighted by molar-refractivity contribution is -0.121. The van der Waals surface area contributed by atoms with Crippen molar-refractivity contribution in [1.29, 1.82) is 0 Å². The van der Waals surface area contributed by atoms with Crippen LogP contribution < -0.4 is 11.1 Å². The molecule has 1 aromatic carbocycles. The molecule has 4 heteroatoms. The highest BCUT2D eigenvalue weighted by Crippen LogP contribution is 2.23. The molecule has 0 aliphatic heterocycles. The number of amides is 1. The number of benzene rings is 1. The Morgan fingerprint density at radius 2 is 1.76 bits per heavy atom. The second kappa shape index (κ2) is 9.06. The van der Waals surface area contributed by atoms with E-state index in [2.05, 4.69) is 19.2 Å². The second-order valence-corrected chi connectivity index (χ2v) is 6.56. The van der Waals surface area contributed by atoms with Gasteiger partial charge in [0.05, 0.1) is 0 Å². The van der Waals surface area contributed by atoms with E-state index in [0.29, 0.717) is 13.0 Å². The van der Waals surface area contributed by atoms with Crippen molar-refractivity contribution in [3.05, 3.63) is 34.9 Å². The number of nitrogens with two attached hydrogens (primary N) is 1. The molecule has 0 unspecified atom stereocenters. The van der Waals surface area contributed by atoms with Gasteiger partial charge in [-0.25, -0.2) is 0 Å². The predicted octanol–water partition coefficient (Wildman–Crippen LogP) is 3.64. The van der Waals surface area contributed by atoms with Gasteiger partial charge in [-0.05, 0) is 37.1 Å². The highest BCUT2D eigenvalue weighted by atomic mass is 35.5. The molecule has 0 atom stereocenters. The molecule has 1 amide bonds. The predicted molar refractivity (Wildman–Crippen MR) is 89.6 cm³/mol. The van der Waals surface area contributed by atoms with Crippen LogP contribution in [0, 0.1) is 0 Å². The normalized spacial score (nSPS) is 11.4. The highest BCUT2D eigenvalue weighted by molar-refractivity contribution is 6.30. The van der Waals surface area contributed by atoms with Crippen molar-refractivity contribution < 1.29 is 4.79 Å². The lowest BCUT2D eigenvalue weighted by Gasteiger charge is -2.25. The molecular formula is C17H27ClN2O. The Kier molecular flexibility index (Phi) is 7.76. The molecule has 0 saturated heterocycles. The first-order valence-electron chi connectivity index (χ1n) is 7.68. The summed E-state index contributed by atoms with van der Waals surface area (Å²) < 4.78 is 0. The zero-order chi connectivity index (χ0) is 15.7. The van der Waals surface area contributed by atoms with E-state index in [0.717, 1.165) is 37.3 Å². The molecule has 0 aliphatic rings. The Balaban J connectivity index is 2.32. The van der Waals surface area contributed by atoms with Gasteiger partial charge in [-0.2, -0.15) is 0 Å².